The van der Waals surface area contributed by atoms with Crippen LogP contribution >= 0.6 is 0 Å². The number of rotatable bonds is 6. The molecule has 3 aromatic rings. The number of nitrogens with two attached hydrogens (primary N) is 1. The predicted octanol–water partition coefficient (Wildman–Crippen LogP) is 4.45. The molecule has 32 heavy (non-hydrogen) atoms. The maximum Gasteiger partial charge on any atom is 0.315 e. The average Bonchev–Trinajstić information content (AvgIpc) is 2.79. The molecule has 1 aliphatic heterocycles. The van der Waals surface area contributed by atoms with Crippen LogP contribution in [0.5, 0.6) is 17.2 Å². The number of allylic oxidation sites excluding steroid dienone is 1. The Hall–Kier alpha value is -4.24. The summed E-state index contributed by atoms with van der Waals surface area (Å²) < 4.78 is 16.8. The Morgan fingerprint density at radius 1 is 1.06 bits per heavy atom. The first-order valence-corrected chi connectivity index (χ1v) is 10.3. The summed E-state index contributed by atoms with van der Waals surface area (Å²) in [4.78, 5) is 12.3. The summed E-state index contributed by atoms with van der Waals surface area (Å²) in [6.45, 7) is 2.45. The Morgan fingerprint density at radius 2 is 1.88 bits per heavy atom. The van der Waals surface area contributed by atoms with Crippen LogP contribution in [0, 0.1) is 11.3 Å². The molecule has 6 nitrogen and oxygen atoms in total. The molecule has 0 bridgehead atoms. The van der Waals surface area contributed by atoms with E-state index in [-0.39, 0.29) is 18.3 Å². The summed E-state index contributed by atoms with van der Waals surface area (Å²) >= 11 is 0. The topological polar surface area (TPSA) is 94.6 Å². The molecule has 0 amide bonds. The summed E-state index contributed by atoms with van der Waals surface area (Å²) in [6.07, 6.45) is 0.159. The lowest BCUT2D eigenvalue weighted by atomic mass is 9.83. The molecule has 0 fully saturated rings. The highest BCUT2D eigenvalue weighted by Gasteiger charge is 2.31. The second-order valence-corrected chi connectivity index (χ2v) is 7.27. The van der Waals surface area contributed by atoms with E-state index in [2.05, 4.69) is 6.07 Å². The van der Waals surface area contributed by atoms with Gasteiger partial charge < -0.3 is 19.9 Å². The van der Waals surface area contributed by atoms with E-state index in [0.717, 1.165) is 16.7 Å². The molecule has 0 saturated carbocycles. The predicted molar refractivity (Wildman–Crippen MR) is 119 cm³/mol. The van der Waals surface area contributed by atoms with Gasteiger partial charge in [-0.25, -0.2) is 0 Å². The van der Waals surface area contributed by atoms with Gasteiger partial charge in [0.05, 0.1) is 18.9 Å². The largest absolute Gasteiger partial charge is 0.494 e. The van der Waals surface area contributed by atoms with Crippen LogP contribution in [-0.4, -0.2) is 12.6 Å². The zero-order chi connectivity index (χ0) is 22.5. The first-order chi connectivity index (χ1) is 15.6. The zero-order valence-corrected chi connectivity index (χ0v) is 17.6. The Kier molecular flexibility index (Phi) is 6.09. The fourth-order valence-electron chi connectivity index (χ4n) is 3.72. The van der Waals surface area contributed by atoms with Crippen LogP contribution in [0.2, 0.25) is 0 Å². The maximum atomic E-state index is 12.3. The summed E-state index contributed by atoms with van der Waals surface area (Å²) in [5.74, 6) is 0.727. The van der Waals surface area contributed by atoms with Crippen molar-refractivity contribution in [2.75, 3.05) is 6.61 Å². The smallest absolute Gasteiger partial charge is 0.315 e. The van der Waals surface area contributed by atoms with Gasteiger partial charge >= 0.3 is 5.97 Å². The number of ether oxygens (including phenoxy) is 3. The van der Waals surface area contributed by atoms with Gasteiger partial charge in [-0.15, -0.1) is 0 Å². The standard InChI is InChI=1S/C26H22N2O4/c1-2-30-19-10-6-9-18(14-19)25-21-12-11-20(15-23(21)32-26(28)22(25)16-27)31-24(29)13-17-7-4-3-5-8-17/h3-12,14-15,25H,2,13,28H2,1H3. The molecule has 0 radical (unpaired) electrons. The van der Waals surface area contributed by atoms with Gasteiger partial charge in [0.25, 0.3) is 0 Å². The van der Waals surface area contributed by atoms with E-state index in [1.165, 1.54) is 0 Å². The summed E-state index contributed by atoms with van der Waals surface area (Å²) in [7, 11) is 0. The highest BCUT2D eigenvalue weighted by molar-refractivity contribution is 5.75. The fourth-order valence-corrected chi connectivity index (χ4v) is 3.72. The molecule has 0 aliphatic carbocycles. The molecule has 2 N–H and O–H groups in total. The zero-order valence-electron chi connectivity index (χ0n) is 17.6. The highest BCUT2D eigenvalue weighted by Crippen LogP contribution is 2.44. The molecule has 4 rings (SSSR count). The van der Waals surface area contributed by atoms with E-state index >= 15 is 0 Å². The van der Waals surface area contributed by atoms with Crippen molar-refractivity contribution < 1.29 is 19.0 Å². The number of nitriles is 1. The normalized spacial score (nSPS) is 14.7. The SMILES string of the molecule is CCOc1cccc(C2C(C#N)=C(N)Oc3cc(OC(=O)Cc4ccccc4)ccc32)c1. The van der Waals surface area contributed by atoms with Crippen LogP contribution in [0.3, 0.4) is 0 Å². The minimum Gasteiger partial charge on any atom is -0.494 e. The van der Waals surface area contributed by atoms with Crippen molar-refractivity contribution in [3.63, 3.8) is 0 Å². The molecular weight excluding hydrogens is 404 g/mol. The van der Waals surface area contributed by atoms with Crippen molar-refractivity contribution in [1.29, 1.82) is 5.26 Å². The number of nitrogens with zero attached hydrogens (tertiary/aromatic N) is 1. The number of fused-ring (bicyclic) bond motifs is 1. The Balaban J connectivity index is 1.63. The quantitative estimate of drug-likeness (QED) is 0.462. The summed E-state index contributed by atoms with van der Waals surface area (Å²) in [6, 6.07) is 24.2. The van der Waals surface area contributed by atoms with Gasteiger partial charge in [0.15, 0.2) is 0 Å². The molecule has 0 saturated heterocycles. The van der Waals surface area contributed by atoms with Crippen LogP contribution < -0.4 is 19.9 Å². The van der Waals surface area contributed by atoms with Gasteiger partial charge in [0, 0.05) is 11.6 Å². The van der Waals surface area contributed by atoms with Crippen LogP contribution in [0.4, 0.5) is 0 Å². The average molecular weight is 426 g/mol. The third-order valence-corrected chi connectivity index (χ3v) is 5.12. The molecule has 1 aliphatic rings. The lowest BCUT2D eigenvalue weighted by molar-refractivity contribution is -0.133. The number of esters is 1. The fraction of sp³-hybridized carbons (Fsp3) is 0.154. The number of carbonyl (C=O) groups excluding carboxylic acids is 1. The molecule has 1 atom stereocenters. The van der Waals surface area contributed by atoms with E-state index in [4.69, 9.17) is 19.9 Å². The number of carbonyl (C=O) groups is 1. The lowest BCUT2D eigenvalue weighted by Crippen LogP contribution is -2.21. The Bertz CT molecular complexity index is 1210. The van der Waals surface area contributed by atoms with E-state index in [9.17, 15) is 10.1 Å². The first-order valence-electron chi connectivity index (χ1n) is 10.3. The van der Waals surface area contributed by atoms with Crippen molar-refractivity contribution in [2.24, 2.45) is 5.73 Å². The number of hydrogen-bond acceptors (Lipinski definition) is 6. The minimum absolute atomic E-state index is 0.0274. The molecule has 1 unspecified atom stereocenters. The number of hydrogen-bond donors (Lipinski definition) is 1. The first kappa shape index (κ1) is 21.0. The summed E-state index contributed by atoms with van der Waals surface area (Å²) in [5, 5.41) is 9.74. The van der Waals surface area contributed by atoms with Gasteiger partial charge in [0.2, 0.25) is 5.88 Å². The van der Waals surface area contributed by atoms with Crippen LogP contribution in [0.1, 0.15) is 29.5 Å². The summed E-state index contributed by atoms with van der Waals surface area (Å²) in [5.41, 5.74) is 8.88. The van der Waals surface area contributed by atoms with E-state index in [0.29, 0.717) is 29.4 Å². The van der Waals surface area contributed by atoms with Gasteiger partial charge in [-0.05, 0) is 36.2 Å². The highest BCUT2D eigenvalue weighted by atomic mass is 16.5. The monoisotopic (exact) mass is 426 g/mol. The van der Waals surface area contributed by atoms with Crippen LogP contribution in [0.25, 0.3) is 0 Å². The van der Waals surface area contributed by atoms with Crippen molar-refractivity contribution in [2.45, 2.75) is 19.3 Å². The second kappa shape index (κ2) is 9.27. The minimum atomic E-state index is -0.418. The van der Waals surface area contributed by atoms with Crippen molar-refractivity contribution in [3.05, 3.63) is 101 Å². The van der Waals surface area contributed by atoms with Gasteiger partial charge in [-0.3, -0.25) is 4.79 Å². The molecule has 160 valence electrons. The van der Waals surface area contributed by atoms with Gasteiger partial charge in [0.1, 0.15) is 28.9 Å². The lowest BCUT2D eigenvalue weighted by Gasteiger charge is -2.27. The third kappa shape index (κ3) is 4.42. The van der Waals surface area contributed by atoms with Crippen molar-refractivity contribution >= 4 is 5.97 Å². The van der Waals surface area contributed by atoms with E-state index in [1.807, 2.05) is 61.5 Å². The molecular formula is C26H22N2O4. The van der Waals surface area contributed by atoms with E-state index in [1.54, 1.807) is 18.2 Å². The molecule has 6 heteroatoms. The molecule has 0 spiro atoms. The molecule has 1 heterocycles. The van der Waals surface area contributed by atoms with Crippen LogP contribution in [-0.2, 0) is 11.2 Å². The van der Waals surface area contributed by atoms with Crippen LogP contribution in [0.15, 0.2) is 84.3 Å². The molecule has 3 aromatic carbocycles. The maximum absolute atomic E-state index is 12.3. The number of benzene rings is 3. The van der Waals surface area contributed by atoms with Gasteiger partial charge in [-0.1, -0.05) is 48.5 Å². The molecule has 0 aromatic heterocycles. The Labute approximate surface area is 186 Å². The van der Waals surface area contributed by atoms with Crippen molar-refractivity contribution in [1.82, 2.24) is 0 Å². The Morgan fingerprint density at radius 3 is 2.62 bits per heavy atom. The van der Waals surface area contributed by atoms with Crippen molar-refractivity contribution in [3.8, 4) is 23.3 Å². The second-order valence-electron chi connectivity index (χ2n) is 7.27. The van der Waals surface area contributed by atoms with Gasteiger partial charge in [-0.2, -0.15) is 5.26 Å². The van der Waals surface area contributed by atoms with E-state index < -0.39 is 5.92 Å². The third-order valence-electron chi connectivity index (χ3n) is 5.12.